The van der Waals surface area contributed by atoms with E-state index in [2.05, 4.69) is 10.3 Å². The van der Waals surface area contributed by atoms with Crippen LogP contribution in [0.5, 0.6) is 11.5 Å². The summed E-state index contributed by atoms with van der Waals surface area (Å²) in [5.41, 5.74) is 2.21. The van der Waals surface area contributed by atoms with Gasteiger partial charge in [0.1, 0.15) is 0 Å². The Kier molecular flexibility index (Phi) is 3.76. The third kappa shape index (κ3) is 2.57. The quantitative estimate of drug-likeness (QED) is 0.940. The molecule has 0 radical (unpaired) electrons. The third-order valence-corrected chi connectivity index (χ3v) is 3.77. The maximum absolute atomic E-state index is 6.17. The zero-order chi connectivity index (χ0) is 13.9. The summed E-state index contributed by atoms with van der Waals surface area (Å²) in [5, 5.41) is 4.00. The van der Waals surface area contributed by atoms with E-state index in [1.54, 1.807) is 12.4 Å². The van der Waals surface area contributed by atoms with Crippen LogP contribution in [-0.4, -0.2) is 18.8 Å². The molecule has 0 bridgehead atoms. The number of nitrogens with one attached hydrogen (secondary N) is 1. The molecule has 0 amide bonds. The second-order valence-electron chi connectivity index (χ2n) is 4.63. The number of likely N-dealkylation sites (N-methyl/N-ethyl adjacent to an activating group) is 1. The lowest BCUT2D eigenvalue weighted by Gasteiger charge is -2.17. The van der Waals surface area contributed by atoms with E-state index < -0.39 is 0 Å². The van der Waals surface area contributed by atoms with Gasteiger partial charge in [0, 0.05) is 18.4 Å². The smallest absolute Gasteiger partial charge is 0.231 e. The lowest BCUT2D eigenvalue weighted by molar-refractivity contribution is 0.174. The van der Waals surface area contributed by atoms with E-state index in [9.17, 15) is 0 Å². The molecule has 2 heterocycles. The summed E-state index contributed by atoms with van der Waals surface area (Å²) in [7, 11) is 1.93. The average molecular weight is 291 g/mol. The fraction of sp³-hybridized carbons (Fsp3) is 0.267. The van der Waals surface area contributed by atoms with Gasteiger partial charge >= 0.3 is 0 Å². The van der Waals surface area contributed by atoms with Gasteiger partial charge in [-0.1, -0.05) is 17.7 Å². The van der Waals surface area contributed by atoms with Crippen molar-refractivity contribution in [3.05, 3.63) is 52.8 Å². The van der Waals surface area contributed by atoms with Gasteiger partial charge in [-0.25, -0.2) is 0 Å². The first-order chi connectivity index (χ1) is 9.78. The van der Waals surface area contributed by atoms with Crippen molar-refractivity contribution in [2.75, 3.05) is 13.8 Å². The van der Waals surface area contributed by atoms with Gasteiger partial charge in [0.25, 0.3) is 0 Å². The maximum Gasteiger partial charge on any atom is 0.231 e. The Balaban J connectivity index is 1.85. The van der Waals surface area contributed by atoms with E-state index in [0.29, 0.717) is 11.8 Å². The maximum atomic E-state index is 6.17. The normalized spacial score (nSPS) is 14.3. The number of aromatic nitrogens is 1. The lowest BCUT2D eigenvalue weighted by atomic mass is 9.99. The largest absolute Gasteiger partial charge is 0.454 e. The molecule has 1 N–H and O–H groups in total. The van der Waals surface area contributed by atoms with Crippen LogP contribution in [-0.2, 0) is 6.42 Å². The Morgan fingerprint density at radius 2 is 2.15 bits per heavy atom. The second-order valence-corrected chi connectivity index (χ2v) is 5.03. The summed E-state index contributed by atoms with van der Waals surface area (Å²) in [6.07, 6.45) is 4.22. The molecule has 2 aromatic rings. The Morgan fingerprint density at radius 1 is 1.30 bits per heavy atom. The van der Waals surface area contributed by atoms with Crippen LogP contribution >= 0.6 is 11.6 Å². The van der Waals surface area contributed by atoms with E-state index in [-0.39, 0.29) is 6.04 Å². The number of halogens is 1. The molecule has 1 aliphatic rings. The summed E-state index contributed by atoms with van der Waals surface area (Å²) < 4.78 is 10.8. The van der Waals surface area contributed by atoms with Crippen molar-refractivity contribution < 1.29 is 9.47 Å². The highest BCUT2D eigenvalue weighted by atomic mass is 35.5. The molecule has 0 saturated heterocycles. The lowest BCUT2D eigenvalue weighted by Crippen LogP contribution is -2.19. The summed E-state index contributed by atoms with van der Waals surface area (Å²) in [5.74, 6) is 1.59. The van der Waals surface area contributed by atoms with Crippen molar-refractivity contribution >= 4 is 11.6 Å². The van der Waals surface area contributed by atoms with Crippen LogP contribution in [0, 0.1) is 0 Å². The Morgan fingerprint density at radius 3 is 2.95 bits per heavy atom. The number of hydrogen-bond donors (Lipinski definition) is 1. The highest BCUT2D eigenvalue weighted by molar-refractivity contribution is 6.31. The standard InChI is InChI=1S/C15H15ClN2O2/c1-17-13(6-10-4-5-18-8-12(10)16)11-2-3-14-15(7-11)20-9-19-14/h2-5,7-8,13,17H,6,9H2,1H3. The number of fused-ring (bicyclic) bond motifs is 1. The molecule has 20 heavy (non-hydrogen) atoms. The fourth-order valence-electron chi connectivity index (χ4n) is 2.31. The van der Waals surface area contributed by atoms with Gasteiger partial charge < -0.3 is 14.8 Å². The van der Waals surface area contributed by atoms with Crippen molar-refractivity contribution in [1.82, 2.24) is 10.3 Å². The van der Waals surface area contributed by atoms with Gasteiger partial charge in [0.05, 0.1) is 5.02 Å². The number of ether oxygens (including phenoxy) is 2. The minimum Gasteiger partial charge on any atom is -0.454 e. The fourth-order valence-corrected chi connectivity index (χ4v) is 2.50. The van der Waals surface area contributed by atoms with Crippen molar-refractivity contribution in [3.8, 4) is 11.5 Å². The second kappa shape index (κ2) is 5.69. The molecule has 3 rings (SSSR count). The molecule has 1 aliphatic heterocycles. The molecular formula is C15H15ClN2O2. The zero-order valence-electron chi connectivity index (χ0n) is 11.1. The van der Waals surface area contributed by atoms with Crippen molar-refractivity contribution in [1.29, 1.82) is 0 Å². The van der Waals surface area contributed by atoms with Gasteiger partial charge in [-0.15, -0.1) is 0 Å². The van der Waals surface area contributed by atoms with E-state index in [1.165, 1.54) is 0 Å². The average Bonchev–Trinajstić information content (AvgIpc) is 2.94. The van der Waals surface area contributed by atoms with Crippen LogP contribution in [0.1, 0.15) is 17.2 Å². The Hall–Kier alpha value is -1.78. The molecule has 5 heteroatoms. The van der Waals surface area contributed by atoms with Gasteiger partial charge in [-0.2, -0.15) is 0 Å². The van der Waals surface area contributed by atoms with Crippen LogP contribution in [0.4, 0.5) is 0 Å². The highest BCUT2D eigenvalue weighted by Crippen LogP contribution is 2.35. The third-order valence-electron chi connectivity index (χ3n) is 3.43. The van der Waals surface area contributed by atoms with Crippen molar-refractivity contribution in [2.24, 2.45) is 0 Å². The number of benzene rings is 1. The summed E-state index contributed by atoms with van der Waals surface area (Å²) in [6, 6.07) is 8.10. The van der Waals surface area contributed by atoms with Gasteiger partial charge in [0.2, 0.25) is 6.79 Å². The van der Waals surface area contributed by atoms with E-state index in [0.717, 1.165) is 29.0 Å². The zero-order valence-corrected chi connectivity index (χ0v) is 11.9. The molecule has 104 valence electrons. The molecule has 0 aliphatic carbocycles. The van der Waals surface area contributed by atoms with Crippen LogP contribution < -0.4 is 14.8 Å². The molecular weight excluding hydrogens is 276 g/mol. The van der Waals surface area contributed by atoms with E-state index in [4.69, 9.17) is 21.1 Å². The van der Waals surface area contributed by atoms with E-state index in [1.807, 2.05) is 31.3 Å². The number of rotatable bonds is 4. The van der Waals surface area contributed by atoms with Crippen molar-refractivity contribution in [3.63, 3.8) is 0 Å². The van der Waals surface area contributed by atoms with Gasteiger partial charge in [-0.05, 0) is 42.8 Å². The number of pyridine rings is 1. The monoisotopic (exact) mass is 290 g/mol. The molecule has 1 unspecified atom stereocenters. The van der Waals surface area contributed by atoms with Crippen molar-refractivity contribution in [2.45, 2.75) is 12.5 Å². The molecule has 1 aromatic carbocycles. The predicted octanol–water partition coefficient (Wildman–Crippen LogP) is 2.97. The molecule has 0 fully saturated rings. The molecule has 1 atom stereocenters. The minimum absolute atomic E-state index is 0.157. The summed E-state index contributed by atoms with van der Waals surface area (Å²) in [6.45, 7) is 0.291. The number of nitrogens with zero attached hydrogens (tertiary/aromatic N) is 1. The first kappa shape index (κ1) is 13.2. The SMILES string of the molecule is CNC(Cc1ccncc1Cl)c1ccc2c(c1)OCO2. The number of hydrogen-bond acceptors (Lipinski definition) is 4. The van der Waals surface area contributed by atoms with E-state index >= 15 is 0 Å². The topological polar surface area (TPSA) is 43.4 Å². The highest BCUT2D eigenvalue weighted by Gasteiger charge is 2.18. The Bertz CT molecular complexity index is 619. The molecule has 1 aromatic heterocycles. The first-order valence-electron chi connectivity index (χ1n) is 6.43. The van der Waals surface area contributed by atoms with Gasteiger partial charge in [0.15, 0.2) is 11.5 Å². The van der Waals surface area contributed by atoms with Crippen LogP contribution in [0.15, 0.2) is 36.7 Å². The minimum atomic E-state index is 0.157. The molecule has 4 nitrogen and oxygen atoms in total. The summed E-state index contributed by atoms with van der Waals surface area (Å²) >= 11 is 6.17. The van der Waals surface area contributed by atoms with Gasteiger partial charge in [-0.3, -0.25) is 4.98 Å². The molecule has 0 spiro atoms. The first-order valence-corrected chi connectivity index (χ1v) is 6.81. The van der Waals surface area contributed by atoms with Crippen LogP contribution in [0.3, 0.4) is 0 Å². The summed E-state index contributed by atoms with van der Waals surface area (Å²) in [4.78, 5) is 4.01. The van der Waals surface area contributed by atoms with Crippen LogP contribution in [0.2, 0.25) is 5.02 Å². The van der Waals surface area contributed by atoms with Crippen LogP contribution in [0.25, 0.3) is 0 Å². The predicted molar refractivity (Wildman–Crippen MR) is 77.3 cm³/mol. The Labute approximate surface area is 122 Å². The molecule has 0 saturated carbocycles.